The van der Waals surface area contributed by atoms with Crippen molar-refractivity contribution >= 4 is 22.2 Å². The molecular weight excluding hydrogens is 404 g/mol. The number of carbonyl (C=O) groups excluding carboxylic acids is 1. The minimum atomic E-state index is -0.0102. The molecule has 1 N–H and O–H groups in total. The van der Waals surface area contributed by atoms with Gasteiger partial charge in [-0.2, -0.15) is 0 Å². The zero-order valence-corrected chi connectivity index (χ0v) is 20.4. The molecule has 0 bridgehead atoms. The third-order valence-corrected chi connectivity index (χ3v) is 7.65. The van der Waals surface area contributed by atoms with Crippen molar-refractivity contribution in [2.45, 2.75) is 84.5 Å². The zero-order valence-electron chi connectivity index (χ0n) is 19.6. The standard InChI is InChI=1S/C26H36N2O2S/c1-17-14-28(15-18(2)30-17)16-22-21-8-6-7-9-23(21)31-25(22)27-24(29)19-10-12-20(13-11-19)26(3,4)5/h10-13,17-18H,6-9,14-16H2,1-5H3,(H,27,29). The quantitative estimate of drug-likeness (QED) is 0.655. The number of amides is 1. The summed E-state index contributed by atoms with van der Waals surface area (Å²) in [6, 6.07) is 8.06. The zero-order chi connectivity index (χ0) is 22.2. The van der Waals surface area contributed by atoms with Crippen LogP contribution in [0.15, 0.2) is 24.3 Å². The number of carbonyl (C=O) groups is 1. The molecule has 2 heterocycles. The number of benzene rings is 1. The maximum atomic E-state index is 13.1. The van der Waals surface area contributed by atoms with Crippen LogP contribution in [-0.2, 0) is 29.5 Å². The number of ether oxygens (including phenoxy) is 1. The van der Waals surface area contributed by atoms with Crippen LogP contribution < -0.4 is 5.32 Å². The Bertz CT molecular complexity index is 916. The number of nitrogens with one attached hydrogen (secondary N) is 1. The molecule has 2 aliphatic rings. The summed E-state index contributed by atoms with van der Waals surface area (Å²) >= 11 is 1.79. The number of thiophene rings is 1. The Morgan fingerprint density at radius 2 is 1.74 bits per heavy atom. The summed E-state index contributed by atoms with van der Waals surface area (Å²) in [5, 5.41) is 4.32. The van der Waals surface area contributed by atoms with Crippen LogP contribution in [0.4, 0.5) is 5.00 Å². The van der Waals surface area contributed by atoms with Gasteiger partial charge >= 0.3 is 0 Å². The molecule has 0 radical (unpaired) electrons. The predicted molar refractivity (Wildman–Crippen MR) is 129 cm³/mol. The summed E-state index contributed by atoms with van der Waals surface area (Å²) < 4.78 is 5.93. The van der Waals surface area contributed by atoms with Crippen molar-refractivity contribution in [1.29, 1.82) is 0 Å². The van der Waals surface area contributed by atoms with Crippen molar-refractivity contribution in [3.8, 4) is 0 Å². The second-order valence-corrected chi connectivity index (χ2v) is 11.4. The van der Waals surface area contributed by atoms with Gasteiger partial charge in [-0.25, -0.2) is 0 Å². The SMILES string of the molecule is CC1CN(Cc2c(NC(=O)c3ccc(C(C)(C)C)cc3)sc3c2CCCC3)CC(C)O1. The van der Waals surface area contributed by atoms with E-state index >= 15 is 0 Å². The second-order valence-electron chi connectivity index (χ2n) is 10.3. The lowest BCUT2D eigenvalue weighted by Gasteiger charge is -2.35. The van der Waals surface area contributed by atoms with Crippen LogP contribution in [0, 0.1) is 0 Å². The minimum Gasteiger partial charge on any atom is -0.373 e. The number of anilines is 1. The van der Waals surface area contributed by atoms with Crippen LogP contribution in [0.5, 0.6) is 0 Å². The molecule has 1 aromatic carbocycles. The first-order valence-electron chi connectivity index (χ1n) is 11.6. The van der Waals surface area contributed by atoms with Gasteiger partial charge in [0.05, 0.1) is 12.2 Å². The van der Waals surface area contributed by atoms with E-state index in [4.69, 9.17) is 4.74 Å². The van der Waals surface area contributed by atoms with E-state index in [1.165, 1.54) is 34.4 Å². The molecule has 0 saturated carbocycles. The molecule has 4 nitrogen and oxygen atoms in total. The Morgan fingerprint density at radius 3 is 2.39 bits per heavy atom. The van der Waals surface area contributed by atoms with Gasteiger partial charge in [-0.05, 0) is 68.2 Å². The maximum absolute atomic E-state index is 13.1. The van der Waals surface area contributed by atoms with Crippen LogP contribution >= 0.6 is 11.3 Å². The van der Waals surface area contributed by atoms with E-state index in [0.717, 1.165) is 43.0 Å². The van der Waals surface area contributed by atoms with Crippen LogP contribution in [-0.4, -0.2) is 36.1 Å². The van der Waals surface area contributed by atoms with Gasteiger partial charge in [0.15, 0.2) is 0 Å². The highest BCUT2D eigenvalue weighted by molar-refractivity contribution is 7.16. The number of nitrogens with zero attached hydrogens (tertiary/aromatic N) is 1. The third-order valence-electron chi connectivity index (χ3n) is 6.40. The van der Waals surface area contributed by atoms with Crippen molar-refractivity contribution in [2.75, 3.05) is 18.4 Å². The molecule has 4 rings (SSSR count). The molecule has 1 aliphatic heterocycles. The summed E-state index contributed by atoms with van der Waals surface area (Å²) in [6.45, 7) is 13.6. The highest BCUT2D eigenvalue weighted by Gasteiger charge is 2.27. The molecule has 2 aromatic rings. The van der Waals surface area contributed by atoms with Crippen LogP contribution in [0.1, 0.15) is 79.4 Å². The van der Waals surface area contributed by atoms with Crippen molar-refractivity contribution in [3.63, 3.8) is 0 Å². The fourth-order valence-electron chi connectivity index (χ4n) is 4.83. The van der Waals surface area contributed by atoms with Crippen molar-refractivity contribution < 1.29 is 9.53 Å². The van der Waals surface area contributed by atoms with Crippen molar-refractivity contribution in [2.24, 2.45) is 0 Å². The predicted octanol–water partition coefficient (Wildman–Crippen LogP) is 5.79. The number of morpholine rings is 1. The van der Waals surface area contributed by atoms with Crippen LogP contribution in [0.25, 0.3) is 0 Å². The maximum Gasteiger partial charge on any atom is 0.256 e. The molecule has 5 heteroatoms. The van der Waals surface area contributed by atoms with E-state index in [0.29, 0.717) is 0 Å². The first kappa shape index (κ1) is 22.5. The van der Waals surface area contributed by atoms with Gasteiger partial charge in [-0.15, -0.1) is 11.3 Å². The number of rotatable bonds is 4. The minimum absolute atomic E-state index is 0.0102. The number of hydrogen-bond acceptors (Lipinski definition) is 4. The molecule has 1 saturated heterocycles. The van der Waals surface area contributed by atoms with Gasteiger partial charge < -0.3 is 10.1 Å². The highest BCUT2D eigenvalue weighted by Crippen LogP contribution is 2.39. The smallest absolute Gasteiger partial charge is 0.256 e. The molecule has 2 unspecified atom stereocenters. The molecule has 168 valence electrons. The molecule has 1 aliphatic carbocycles. The van der Waals surface area contributed by atoms with Gasteiger partial charge in [0.2, 0.25) is 0 Å². The molecular formula is C26H36N2O2S. The van der Waals surface area contributed by atoms with Crippen LogP contribution in [0.2, 0.25) is 0 Å². The number of aryl methyl sites for hydroxylation is 1. The first-order chi connectivity index (χ1) is 14.7. The van der Waals surface area contributed by atoms with E-state index in [1.807, 2.05) is 12.1 Å². The Balaban J connectivity index is 1.56. The van der Waals surface area contributed by atoms with E-state index in [9.17, 15) is 4.79 Å². The third kappa shape index (κ3) is 5.21. The van der Waals surface area contributed by atoms with Crippen molar-refractivity contribution in [1.82, 2.24) is 4.90 Å². The van der Waals surface area contributed by atoms with Gasteiger partial charge in [-0.3, -0.25) is 9.69 Å². The van der Waals surface area contributed by atoms with E-state index < -0.39 is 0 Å². The molecule has 2 atom stereocenters. The molecule has 1 aromatic heterocycles. The lowest BCUT2D eigenvalue weighted by Crippen LogP contribution is -2.45. The average Bonchev–Trinajstić information content (AvgIpc) is 3.04. The van der Waals surface area contributed by atoms with E-state index in [2.05, 4.69) is 57.0 Å². The summed E-state index contributed by atoms with van der Waals surface area (Å²) in [4.78, 5) is 17.1. The van der Waals surface area contributed by atoms with Crippen LogP contribution in [0.3, 0.4) is 0 Å². The average molecular weight is 441 g/mol. The summed E-state index contributed by atoms with van der Waals surface area (Å²) in [5.74, 6) is -0.0102. The van der Waals surface area contributed by atoms with Gasteiger partial charge in [0.1, 0.15) is 5.00 Å². The monoisotopic (exact) mass is 440 g/mol. The number of hydrogen-bond donors (Lipinski definition) is 1. The Kier molecular flexibility index (Phi) is 6.57. The highest BCUT2D eigenvalue weighted by atomic mass is 32.1. The topological polar surface area (TPSA) is 41.6 Å². The Hall–Kier alpha value is -1.69. The van der Waals surface area contributed by atoms with Gasteiger partial charge in [0, 0.05) is 35.6 Å². The van der Waals surface area contributed by atoms with E-state index in [1.54, 1.807) is 11.3 Å². The molecule has 0 spiro atoms. The van der Waals surface area contributed by atoms with Gasteiger partial charge in [-0.1, -0.05) is 32.9 Å². The fraction of sp³-hybridized carbons (Fsp3) is 0.577. The normalized spacial score (nSPS) is 22.2. The summed E-state index contributed by atoms with van der Waals surface area (Å²) in [6.07, 6.45) is 5.26. The van der Waals surface area contributed by atoms with Gasteiger partial charge in [0.25, 0.3) is 5.91 Å². The number of fused-ring (bicyclic) bond motifs is 1. The Labute approximate surface area is 191 Å². The summed E-state index contributed by atoms with van der Waals surface area (Å²) in [5.41, 5.74) is 4.87. The van der Waals surface area contributed by atoms with Crippen molar-refractivity contribution in [3.05, 3.63) is 51.4 Å². The molecule has 1 amide bonds. The van der Waals surface area contributed by atoms with E-state index in [-0.39, 0.29) is 23.5 Å². The lowest BCUT2D eigenvalue weighted by atomic mass is 9.87. The largest absolute Gasteiger partial charge is 0.373 e. The summed E-state index contributed by atoms with van der Waals surface area (Å²) in [7, 11) is 0. The Morgan fingerprint density at radius 1 is 1.10 bits per heavy atom. The first-order valence-corrected chi connectivity index (χ1v) is 12.5. The molecule has 31 heavy (non-hydrogen) atoms. The second kappa shape index (κ2) is 9.05. The fourth-order valence-corrected chi connectivity index (χ4v) is 6.13. The molecule has 1 fully saturated rings. The lowest BCUT2D eigenvalue weighted by molar-refractivity contribution is -0.0704.